The summed E-state index contributed by atoms with van der Waals surface area (Å²) in [4.78, 5) is 12.1. The lowest BCUT2D eigenvalue weighted by atomic mass is 9.96. The molecule has 0 saturated carbocycles. The monoisotopic (exact) mass is 293 g/mol. The second-order valence-corrected chi connectivity index (χ2v) is 6.58. The van der Waals surface area contributed by atoms with Crippen LogP contribution in [0.1, 0.15) is 51.5 Å². The van der Waals surface area contributed by atoms with Crippen molar-refractivity contribution in [1.82, 2.24) is 5.32 Å². The summed E-state index contributed by atoms with van der Waals surface area (Å²) in [7, 11) is 0. The molecule has 20 heavy (non-hydrogen) atoms. The molecule has 112 valence electrons. The molecule has 0 aromatic heterocycles. The molecule has 1 amide bonds. The Labute approximate surface area is 127 Å². The van der Waals surface area contributed by atoms with Crippen LogP contribution in [0.4, 0.5) is 0 Å². The first-order valence-corrected chi connectivity index (χ1v) is 8.68. The summed E-state index contributed by atoms with van der Waals surface area (Å²) in [6.45, 7) is 7.08. The van der Waals surface area contributed by atoms with Crippen LogP contribution in [0.25, 0.3) is 0 Å². The van der Waals surface area contributed by atoms with Crippen molar-refractivity contribution in [1.29, 1.82) is 0 Å². The van der Waals surface area contributed by atoms with E-state index in [1.165, 1.54) is 18.4 Å². The average Bonchev–Trinajstić information content (AvgIpc) is 2.49. The fraction of sp³-hybridized carbons (Fsp3) is 0.588. The van der Waals surface area contributed by atoms with Crippen molar-refractivity contribution in [2.75, 3.05) is 12.3 Å². The third kappa shape index (κ3) is 6.00. The topological polar surface area (TPSA) is 29.1 Å². The summed E-state index contributed by atoms with van der Waals surface area (Å²) >= 11 is 1.75. The summed E-state index contributed by atoms with van der Waals surface area (Å²) < 4.78 is 0. The third-order valence-electron chi connectivity index (χ3n) is 3.52. The molecule has 0 heterocycles. The number of thioether (sulfide) groups is 1. The van der Waals surface area contributed by atoms with Gasteiger partial charge in [0.05, 0.1) is 5.25 Å². The molecule has 0 aliphatic rings. The van der Waals surface area contributed by atoms with E-state index in [-0.39, 0.29) is 11.2 Å². The van der Waals surface area contributed by atoms with Crippen molar-refractivity contribution in [2.45, 2.75) is 51.2 Å². The molecule has 2 unspecified atom stereocenters. The highest BCUT2D eigenvalue weighted by Gasteiger charge is 2.15. The Morgan fingerprint density at radius 1 is 1.25 bits per heavy atom. The van der Waals surface area contributed by atoms with E-state index >= 15 is 0 Å². The molecule has 0 radical (unpaired) electrons. The zero-order chi connectivity index (χ0) is 14.8. The molecule has 0 spiro atoms. The van der Waals surface area contributed by atoms with Gasteiger partial charge < -0.3 is 5.32 Å². The molecule has 0 aliphatic heterocycles. The number of carbonyl (C=O) groups is 1. The molecule has 1 aromatic carbocycles. The quantitative estimate of drug-likeness (QED) is 0.691. The van der Waals surface area contributed by atoms with Crippen molar-refractivity contribution in [3.63, 3.8) is 0 Å². The lowest BCUT2D eigenvalue weighted by Gasteiger charge is -2.18. The molecule has 3 heteroatoms. The minimum absolute atomic E-state index is 0.0508. The SMILES string of the molecule is CCCCSC(C)C(=O)NCC(CC)c1ccccc1. The largest absolute Gasteiger partial charge is 0.355 e. The van der Waals surface area contributed by atoms with E-state index in [1.54, 1.807) is 11.8 Å². The van der Waals surface area contributed by atoms with Gasteiger partial charge in [0, 0.05) is 12.5 Å². The predicted molar refractivity (Wildman–Crippen MR) is 89.3 cm³/mol. The van der Waals surface area contributed by atoms with Crippen LogP contribution in [0.5, 0.6) is 0 Å². The Balaban J connectivity index is 2.38. The van der Waals surface area contributed by atoms with Gasteiger partial charge in [-0.2, -0.15) is 0 Å². The number of hydrogen-bond donors (Lipinski definition) is 1. The Morgan fingerprint density at radius 3 is 2.55 bits per heavy atom. The molecule has 1 N–H and O–H groups in total. The summed E-state index contributed by atoms with van der Waals surface area (Å²) in [5.41, 5.74) is 1.31. The number of nitrogens with one attached hydrogen (secondary N) is 1. The van der Waals surface area contributed by atoms with Gasteiger partial charge in [-0.25, -0.2) is 0 Å². The lowest BCUT2D eigenvalue weighted by molar-refractivity contribution is -0.120. The van der Waals surface area contributed by atoms with Gasteiger partial charge in [0.15, 0.2) is 0 Å². The summed E-state index contributed by atoms with van der Waals surface area (Å²) in [6.07, 6.45) is 3.42. The lowest BCUT2D eigenvalue weighted by Crippen LogP contribution is -2.34. The Morgan fingerprint density at radius 2 is 1.95 bits per heavy atom. The van der Waals surface area contributed by atoms with Gasteiger partial charge in [0.2, 0.25) is 5.91 Å². The number of unbranched alkanes of at least 4 members (excludes halogenated alkanes) is 1. The van der Waals surface area contributed by atoms with Crippen molar-refractivity contribution in [3.05, 3.63) is 35.9 Å². The highest BCUT2D eigenvalue weighted by molar-refractivity contribution is 8.00. The molecule has 1 aromatic rings. The van der Waals surface area contributed by atoms with Gasteiger partial charge in [-0.05, 0) is 31.1 Å². The second kappa shape index (κ2) is 9.87. The van der Waals surface area contributed by atoms with Crippen LogP contribution in [0.15, 0.2) is 30.3 Å². The zero-order valence-corrected chi connectivity index (χ0v) is 13.7. The van der Waals surface area contributed by atoms with E-state index in [9.17, 15) is 4.79 Å². The molecule has 2 nitrogen and oxygen atoms in total. The van der Waals surface area contributed by atoms with E-state index in [1.807, 2.05) is 13.0 Å². The van der Waals surface area contributed by atoms with Gasteiger partial charge in [0.25, 0.3) is 0 Å². The van der Waals surface area contributed by atoms with Gasteiger partial charge in [-0.3, -0.25) is 4.79 Å². The first-order valence-electron chi connectivity index (χ1n) is 7.63. The molecule has 0 fully saturated rings. The van der Waals surface area contributed by atoms with Gasteiger partial charge in [-0.15, -0.1) is 11.8 Å². The number of carbonyl (C=O) groups excluding carboxylic acids is 1. The number of benzene rings is 1. The molecule has 0 saturated heterocycles. The molecule has 0 bridgehead atoms. The van der Waals surface area contributed by atoms with Crippen LogP contribution in [-0.2, 0) is 4.79 Å². The van der Waals surface area contributed by atoms with Crippen LogP contribution in [0.3, 0.4) is 0 Å². The first-order chi connectivity index (χ1) is 9.69. The smallest absolute Gasteiger partial charge is 0.232 e. The van der Waals surface area contributed by atoms with E-state index in [4.69, 9.17) is 0 Å². The number of rotatable bonds is 9. The Kier molecular flexibility index (Phi) is 8.43. The van der Waals surface area contributed by atoms with Crippen LogP contribution in [0, 0.1) is 0 Å². The van der Waals surface area contributed by atoms with Crippen molar-refractivity contribution >= 4 is 17.7 Å². The van der Waals surface area contributed by atoms with Crippen molar-refractivity contribution in [2.24, 2.45) is 0 Å². The van der Waals surface area contributed by atoms with E-state index in [0.29, 0.717) is 5.92 Å². The van der Waals surface area contributed by atoms with Gasteiger partial charge in [-0.1, -0.05) is 50.6 Å². The van der Waals surface area contributed by atoms with Gasteiger partial charge >= 0.3 is 0 Å². The maximum Gasteiger partial charge on any atom is 0.232 e. The summed E-state index contributed by atoms with van der Waals surface area (Å²) in [5.74, 6) is 1.65. The normalized spacial score (nSPS) is 13.8. The van der Waals surface area contributed by atoms with Crippen LogP contribution in [0.2, 0.25) is 0 Å². The van der Waals surface area contributed by atoms with E-state index in [0.717, 1.165) is 18.7 Å². The maximum atomic E-state index is 12.1. The summed E-state index contributed by atoms with van der Waals surface area (Å²) in [6, 6.07) is 10.4. The van der Waals surface area contributed by atoms with E-state index in [2.05, 4.69) is 43.4 Å². The minimum Gasteiger partial charge on any atom is -0.355 e. The zero-order valence-electron chi connectivity index (χ0n) is 12.9. The molecule has 0 aliphatic carbocycles. The number of amides is 1. The molecular formula is C17H27NOS. The molecule has 1 rings (SSSR count). The molecule has 2 atom stereocenters. The Hall–Kier alpha value is -0.960. The standard InChI is InChI=1S/C17H27NOS/c1-4-6-12-20-14(3)17(19)18-13-15(5-2)16-10-8-7-9-11-16/h7-11,14-15H,4-6,12-13H2,1-3H3,(H,18,19). The fourth-order valence-electron chi connectivity index (χ4n) is 2.07. The average molecular weight is 293 g/mol. The highest BCUT2D eigenvalue weighted by Crippen LogP contribution is 2.18. The van der Waals surface area contributed by atoms with Gasteiger partial charge in [0.1, 0.15) is 0 Å². The third-order valence-corrected chi connectivity index (χ3v) is 4.76. The Bertz CT molecular complexity index is 380. The minimum atomic E-state index is 0.0508. The second-order valence-electron chi connectivity index (χ2n) is 5.13. The van der Waals surface area contributed by atoms with E-state index < -0.39 is 0 Å². The molecular weight excluding hydrogens is 266 g/mol. The predicted octanol–water partition coefficient (Wildman–Crippen LogP) is 4.22. The maximum absolute atomic E-state index is 12.1. The van der Waals surface area contributed by atoms with Crippen LogP contribution < -0.4 is 5.32 Å². The van der Waals surface area contributed by atoms with Crippen molar-refractivity contribution in [3.8, 4) is 0 Å². The first kappa shape index (κ1) is 17.1. The fourth-order valence-corrected chi connectivity index (χ4v) is 3.11. The highest BCUT2D eigenvalue weighted by atomic mass is 32.2. The number of hydrogen-bond acceptors (Lipinski definition) is 2. The summed E-state index contributed by atoms with van der Waals surface area (Å²) in [5, 5.41) is 3.15. The van der Waals surface area contributed by atoms with Crippen molar-refractivity contribution < 1.29 is 4.79 Å². The van der Waals surface area contributed by atoms with Crippen LogP contribution >= 0.6 is 11.8 Å². The van der Waals surface area contributed by atoms with Crippen LogP contribution in [-0.4, -0.2) is 23.5 Å².